The molecule has 0 bridgehead atoms. The number of methoxy groups -OCH3 is 1. The van der Waals surface area contributed by atoms with Crippen molar-refractivity contribution in [1.82, 2.24) is 10.2 Å². The summed E-state index contributed by atoms with van der Waals surface area (Å²) in [4.78, 5) is 12.8. The van der Waals surface area contributed by atoms with Crippen LogP contribution in [0.5, 0.6) is 0 Å². The fourth-order valence-electron chi connectivity index (χ4n) is 1.49. The van der Waals surface area contributed by atoms with Crippen molar-refractivity contribution in [1.29, 1.82) is 0 Å². The number of halogens is 1. The second-order valence-electron chi connectivity index (χ2n) is 3.06. The van der Waals surface area contributed by atoms with Crippen molar-refractivity contribution in [2.45, 2.75) is 18.9 Å². The van der Waals surface area contributed by atoms with E-state index in [-0.39, 0.29) is 18.5 Å². The maximum absolute atomic E-state index is 11.1. The van der Waals surface area contributed by atoms with Gasteiger partial charge in [0, 0.05) is 13.1 Å². The summed E-state index contributed by atoms with van der Waals surface area (Å²) in [6, 6.07) is 0.346. The fourth-order valence-corrected chi connectivity index (χ4v) is 1.49. The van der Waals surface area contributed by atoms with Crippen LogP contribution in [-0.2, 0) is 4.74 Å². The summed E-state index contributed by atoms with van der Waals surface area (Å²) in [6.07, 6.45) is 1.80. The average Bonchev–Trinajstić information content (AvgIpc) is 2.17. The molecule has 0 aromatic carbocycles. The highest BCUT2D eigenvalue weighted by molar-refractivity contribution is 5.85. The van der Waals surface area contributed by atoms with Crippen molar-refractivity contribution >= 4 is 18.5 Å². The Labute approximate surface area is 85.0 Å². The molecule has 1 fully saturated rings. The molecule has 1 amide bonds. The Morgan fingerprint density at radius 3 is 2.46 bits per heavy atom. The van der Waals surface area contributed by atoms with Crippen LogP contribution in [0.2, 0.25) is 0 Å². The number of nitrogens with zero attached hydrogens (tertiary/aromatic N) is 1. The van der Waals surface area contributed by atoms with E-state index in [1.807, 2.05) is 0 Å². The maximum Gasteiger partial charge on any atom is 0.409 e. The molecule has 1 saturated heterocycles. The van der Waals surface area contributed by atoms with Gasteiger partial charge in [0.15, 0.2) is 0 Å². The van der Waals surface area contributed by atoms with Crippen LogP contribution in [0.15, 0.2) is 0 Å². The molecule has 4 nitrogen and oxygen atoms in total. The molecule has 0 atom stereocenters. The SMILES string of the molecule is COC(=O)N(C)C1CCNCC1.Cl. The molecule has 0 radical (unpaired) electrons. The standard InChI is InChI=1S/C8H16N2O2.ClH/c1-10(8(11)12-2)7-3-5-9-6-4-7;/h7,9H,3-6H2,1-2H3;1H. The van der Waals surface area contributed by atoms with Gasteiger partial charge in [-0.3, -0.25) is 0 Å². The summed E-state index contributed by atoms with van der Waals surface area (Å²) in [6.45, 7) is 1.98. The molecule has 1 heterocycles. The lowest BCUT2D eigenvalue weighted by molar-refractivity contribution is 0.109. The zero-order chi connectivity index (χ0) is 8.97. The molecule has 13 heavy (non-hydrogen) atoms. The zero-order valence-electron chi connectivity index (χ0n) is 8.08. The van der Waals surface area contributed by atoms with Crippen LogP contribution in [0.3, 0.4) is 0 Å². The summed E-state index contributed by atoms with van der Waals surface area (Å²) in [5, 5.41) is 3.25. The second kappa shape index (κ2) is 6.05. The molecule has 1 aliphatic rings. The van der Waals surface area contributed by atoms with E-state index >= 15 is 0 Å². The van der Waals surface area contributed by atoms with Crippen molar-refractivity contribution in [3.63, 3.8) is 0 Å². The van der Waals surface area contributed by atoms with E-state index in [1.165, 1.54) is 7.11 Å². The molecule has 0 aromatic rings. The number of rotatable bonds is 1. The topological polar surface area (TPSA) is 41.6 Å². The van der Waals surface area contributed by atoms with Crippen molar-refractivity contribution in [2.24, 2.45) is 0 Å². The molecule has 1 rings (SSSR count). The van der Waals surface area contributed by atoms with E-state index in [4.69, 9.17) is 0 Å². The van der Waals surface area contributed by atoms with Gasteiger partial charge in [0.25, 0.3) is 0 Å². The van der Waals surface area contributed by atoms with Crippen molar-refractivity contribution in [3.05, 3.63) is 0 Å². The maximum atomic E-state index is 11.1. The van der Waals surface area contributed by atoms with Gasteiger partial charge in [0.1, 0.15) is 0 Å². The van der Waals surface area contributed by atoms with Gasteiger partial charge in [0.2, 0.25) is 0 Å². The van der Waals surface area contributed by atoms with Crippen LogP contribution in [0.25, 0.3) is 0 Å². The number of ether oxygens (including phenoxy) is 1. The summed E-state index contributed by atoms with van der Waals surface area (Å²) < 4.78 is 4.63. The third-order valence-electron chi connectivity index (χ3n) is 2.32. The van der Waals surface area contributed by atoms with Gasteiger partial charge in [-0.1, -0.05) is 0 Å². The highest BCUT2D eigenvalue weighted by atomic mass is 35.5. The minimum absolute atomic E-state index is 0. The first-order valence-corrected chi connectivity index (χ1v) is 4.27. The van der Waals surface area contributed by atoms with E-state index in [9.17, 15) is 4.79 Å². The molecular weight excluding hydrogens is 192 g/mol. The number of carbonyl (C=O) groups excluding carboxylic acids is 1. The van der Waals surface area contributed by atoms with Gasteiger partial charge in [-0.05, 0) is 25.9 Å². The normalized spacial score (nSPS) is 17.4. The van der Waals surface area contributed by atoms with Gasteiger partial charge >= 0.3 is 6.09 Å². The first-order chi connectivity index (χ1) is 5.75. The number of carbonyl (C=O) groups is 1. The molecule has 1 aliphatic heterocycles. The molecule has 0 aromatic heterocycles. The van der Waals surface area contributed by atoms with Gasteiger partial charge in [-0.15, -0.1) is 12.4 Å². The summed E-state index contributed by atoms with van der Waals surface area (Å²) in [7, 11) is 3.21. The third-order valence-corrected chi connectivity index (χ3v) is 2.32. The second-order valence-corrected chi connectivity index (χ2v) is 3.06. The predicted octanol–water partition coefficient (Wildman–Crippen LogP) is 0.858. The predicted molar refractivity (Wildman–Crippen MR) is 53.3 cm³/mol. The Morgan fingerprint density at radius 1 is 1.46 bits per heavy atom. The number of piperidine rings is 1. The zero-order valence-corrected chi connectivity index (χ0v) is 8.89. The van der Waals surface area contributed by atoms with Crippen LogP contribution < -0.4 is 5.32 Å². The van der Waals surface area contributed by atoms with E-state index in [1.54, 1.807) is 11.9 Å². The number of amides is 1. The van der Waals surface area contributed by atoms with E-state index < -0.39 is 0 Å². The Balaban J connectivity index is 0.00000144. The molecule has 0 unspecified atom stereocenters. The Hall–Kier alpha value is -0.480. The fraction of sp³-hybridized carbons (Fsp3) is 0.875. The molecular formula is C8H17ClN2O2. The number of hydrogen-bond donors (Lipinski definition) is 1. The molecule has 0 aliphatic carbocycles. The Kier molecular flexibility index (Phi) is 5.82. The monoisotopic (exact) mass is 208 g/mol. The number of hydrogen-bond acceptors (Lipinski definition) is 3. The van der Waals surface area contributed by atoms with Crippen molar-refractivity contribution < 1.29 is 9.53 Å². The van der Waals surface area contributed by atoms with E-state index in [0.29, 0.717) is 6.04 Å². The van der Waals surface area contributed by atoms with Crippen molar-refractivity contribution in [2.75, 3.05) is 27.2 Å². The molecule has 0 saturated carbocycles. The van der Waals surface area contributed by atoms with Crippen molar-refractivity contribution in [3.8, 4) is 0 Å². The first-order valence-electron chi connectivity index (χ1n) is 4.27. The van der Waals surface area contributed by atoms with E-state index in [0.717, 1.165) is 25.9 Å². The minimum Gasteiger partial charge on any atom is -0.453 e. The Bertz CT molecular complexity index is 160. The van der Waals surface area contributed by atoms with Crippen LogP contribution >= 0.6 is 12.4 Å². The average molecular weight is 209 g/mol. The first kappa shape index (κ1) is 12.5. The quantitative estimate of drug-likeness (QED) is 0.695. The van der Waals surface area contributed by atoms with Gasteiger partial charge in [-0.2, -0.15) is 0 Å². The van der Waals surface area contributed by atoms with Gasteiger partial charge in [-0.25, -0.2) is 4.79 Å². The molecule has 1 N–H and O–H groups in total. The van der Waals surface area contributed by atoms with Crippen LogP contribution in [0.1, 0.15) is 12.8 Å². The smallest absolute Gasteiger partial charge is 0.409 e. The summed E-state index contributed by atoms with van der Waals surface area (Å²) >= 11 is 0. The minimum atomic E-state index is -0.234. The molecule has 5 heteroatoms. The van der Waals surface area contributed by atoms with Crippen LogP contribution in [0.4, 0.5) is 4.79 Å². The Morgan fingerprint density at radius 2 is 2.00 bits per heavy atom. The van der Waals surface area contributed by atoms with Gasteiger partial charge < -0.3 is 15.0 Å². The highest BCUT2D eigenvalue weighted by Gasteiger charge is 2.21. The number of nitrogens with one attached hydrogen (secondary N) is 1. The van der Waals surface area contributed by atoms with Gasteiger partial charge in [0.05, 0.1) is 7.11 Å². The van der Waals surface area contributed by atoms with E-state index in [2.05, 4.69) is 10.1 Å². The highest BCUT2D eigenvalue weighted by Crippen LogP contribution is 2.10. The largest absolute Gasteiger partial charge is 0.453 e. The summed E-state index contributed by atoms with van der Waals surface area (Å²) in [5.74, 6) is 0. The van der Waals surface area contributed by atoms with Crippen LogP contribution in [-0.4, -0.2) is 44.3 Å². The lowest BCUT2D eigenvalue weighted by Gasteiger charge is -2.30. The lowest BCUT2D eigenvalue weighted by atomic mass is 10.1. The lowest BCUT2D eigenvalue weighted by Crippen LogP contribution is -2.43. The summed E-state index contributed by atoms with van der Waals surface area (Å²) in [5.41, 5.74) is 0. The molecule has 78 valence electrons. The van der Waals surface area contributed by atoms with Crippen LogP contribution in [0, 0.1) is 0 Å². The molecule has 0 spiro atoms. The third kappa shape index (κ3) is 3.40.